The van der Waals surface area contributed by atoms with Gasteiger partial charge in [-0.25, -0.2) is 12.8 Å². The minimum atomic E-state index is -3.89. The number of rotatable bonds is 8. The highest BCUT2D eigenvalue weighted by Gasteiger charge is 2.29. The molecule has 0 aliphatic carbocycles. The Morgan fingerprint density at radius 3 is 2.33 bits per heavy atom. The lowest BCUT2D eigenvalue weighted by atomic mass is 10.1. The monoisotopic (exact) mass is 455 g/mol. The second kappa shape index (κ2) is 9.90. The van der Waals surface area contributed by atoms with Crippen molar-refractivity contribution in [3.05, 3.63) is 64.9 Å². The Morgan fingerprint density at radius 2 is 1.80 bits per heavy atom. The van der Waals surface area contributed by atoms with Crippen molar-refractivity contribution in [1.82, 2.24) is 10.2 Å². The molecular formula is C20H23ClFN3O4S. The van der Waals surface area contributed by atoms with Gasteiger partial charge < -0.3 is 10.2 Å². The molecule has 162 valence electrons. The first-order valence-electron chi connectivity index (χ1n) is 9.01. The number of amides is 2. The number of hydrogen-bond acceptors (Lipinski definition) is 4. The van der Waals surface area contributed by atoms with Gasteiger partial charge in [0.05, 0.1) is 11.9 Å². The van der Waals surface area contributed by atoms with Crippen LogP contribution in [0, 0.1) is 5.82 Å². The second-order valence-electron chi connectivity index (χ2n) is 6.69. The Balaban J connectivity index is 2.36. The molecule has 0 heterocycles. The van der Waals surface area contributed by atoms with E-state index in [4.69, 9.17) is 11.6 Å². The van der Waals surface area contributed by atoms with Crippen LogP contribution >= 0.6 is 11.6 Å². The molecule has 0 spiro atoms. The van der Waals surface area contributed by atoms with E-state index in [-0.39, 0.29) is 12.2 Å². The summed E-state index contributed by atoms with van der Waals surface area (Å²) in [5.74, 6) is -1.66. The van der Waals surface area contributed by atoms with E-state index in [1.807, 2.05) is 0 Å². The number of nitrogens with one attached hydrogen (secondary N) is 1. The smallest absolute Gasteiger partial charge is 0.244 e. The molecule has 1 N–H and O–H groups in total. The van der Waals surface area contributed by atoms with Crippen LogP contribution in [0.15, 0.2) is 48.5 Å². The van der Waals surface area contributed by atoms with Gasteiger partial charge in [0.2, 0.25) is 21.8 Å². The molecule has 7 nitrogen and oxygen atoms in total. The summed E-state index contributed by atoms with van der Waals surface area (Å²) in [6.45, 7) is 1.02. The maximum absolute atomic E-state index is 13.6. The number of carbonyl (C=O) groups excluding carboxylic acids is 2. The maximum Gasteiger partial charge on any atom is 0.244 e. The van der Waals surface area contributed by atoms with Crippen molar-refractivity contribution in [2.75, 3.05) is 24.2 Å². The molecule has 1 atom stereocenters. The van der Waals surface area contributed by atoms with Crippen LogP contribution in [0.2, 0.25) is 5.02 Å². The quantitative estimate of drug-likeness (QED) is 0.662. The fourth-order valence-electron chi connectivity index (χ4n) is 2.82. The summed E-state index contributed by atoms with van der Waals surface area (Å²) in [7, 11) is -2.45. The van der Waals surface area contributed by atoms with E-state index in [0.29, 0.717) is 10.6 Å². The van der Waals surface area contributed by atoms with Crippen LogP contribution in [-0.4, -0.2) is 51.0 Å². The van der Waals surface area contributed by atoms with E-state index in [9.17, 15) is 22.4 Å². The summed E-state index contributed by atoms with van der Waals surface area (Å²) in [6, 6.07) is 10.8. The molecule has 0 saturated carbocycles. The lowest BCUT2D eigenvalue weighted by Gasteiger charge is -2.31. The first kappa shape index (κ1) is 23.6. The molecule has 0 unspecified atom stereocenters. The third-order valence-corrected chi connectivity index (χ3v) is 5.85. The Bertz CT molecular complexity index is 1010. The molecule has 10 heteroatoms. The number of benzene rings is 2. The summed E-state index contributed by atoms with van der Waals surface area (Å²) in [5.41, 5.74) is 0.727. The molecule has 0 bridgehead atoms. The zero-order chi connectivity index (χ0) is 22.5. The highest BCUT2D eigenvalue weighted by atomic mass is 35.5. The van der Waals surface area contributed by atoms with Gasteiger partial charge in [0.15, 0.2) is 0 Å². The van der Waals surface area contributed by atoms with Gasteiger partial charge in [0, 0.05) is 18.6 Å². The molecule has 0 saturated heterocycles. The predicted octanol–water partition coefficient (Wildman–Crippen LogP) is 2.41. The first-order chi connectivity index (χ1) is 14.0. The van der Waals surface area contributed by atoms with Crippen molar-refractivity contribution < 1.29 is 22.4 Å². The Kier molecular flexibility index (Phi) is 7.80. The topological polar surface area (TPSA) is 86.8 Å². The van der Waals surface area contributed by atoms with E-state index < -0.39 is 40.2 Å². The van der Waals surface area contributed by atoms with Gasteiger partial charge in [-0.05, 0) is 42.8 Å². The van der Waals surface area contributed by atoms with Crippen LogP contribution in [0.5, 0.6) is 0 Å². The molecule has 2 aromatic carbocycles. The zero-order valence-corrected chi connectivity index (χ0v) is 18.4. The number of anilines is 1. The van der Waals surface area contributed by atoms with Gasteiger partial charge >= 0.3 is 0 Å². The van der Waals surface area contributed by atoms with E-state index >= 15 is 0 Å². The molecule has 0 radical (unpaired) electrons. The number of nitrogens with zero attached hydrogens (tertiary/aromatic N) is 2. The SMILES string of the molecule is CNC(=O)[C@@H](C)N(Cc1ccc(Cl)cc1)C(=O)CN(c1cccc(F)c1)S(C)(=O)=O. The number of carbonyl (C=O) groups is 2. The van der Waals surface area contributed by atoms with Crippen molar-refractivity contribution >= 4 is 39.1 Å². The van der Waals surface area contributed by atoms with Gasteiger partial charge in [-0.15, -0.1) is 0 Å². The first-order valence-corrected chi connectivity index (χ1v) is 11.2. The zero-order valence-electron chi connectivity index (χ0n) is 16.8. The average molecular weight is 456 g/mol. The predicted molar refractivity (Wildman–Crippen MR) is 114 cm³/mol. The van der Waals surface area contributed by atoms with E-state index in [2.05, 4.69) is 5.32 Å². The average Bonchev–Trinajstić information content (AvgIpc) is 2.69. The molecular weight excluding hydrogens is 433 g/mol. The molecule has 2 amide bonds. The summed E-state index contributed by atoms with van der Waals surface area (Å²) < 4.78 is 39.0. The Labute approximate surface area is 180 Å². The van der Waals surface area contributed by atoms with Crippen molar-refractivity contribution in [1.29, 1.82) is 0 Å². The molecule has 0 aromatic heterocycles. The lowest BCUT2D eigenvalue weighted by Crippen LogP contribution is -2.50. The van der Waals surface area contributed by atoms with Crippen molar-refractivity contribution in [2.24, 2.45) is 0 Å². The van der Waals surface area contributed by atoms with Crippen molar-refractivity contribution in [3.8, 4) is 0 Å². The Hall–Kier alpha value is -2.65. The van der Waals surface area contributed by atoms with Crippen LogP contribution in [-0.2, 0) is 26.2 Å². The largest absolute Gasteiger partial charge is 0.357 e. The van der Waals surface area contributed by atoms with Gasteiger partial charge in [-0.3, -0.25) is 13.9 Å². The third-order valence-electron chi connectivity index (χ3n) is 4.46. The van der Waals surface area contributed by atoms with Crippen LogP contribution in [0.4, 0.5) is 10.1 Å². The van der Waals surface area contributed by atoms with E-state index in [1.165, 1.54) is 30.1 Å². The van der Waals surface area contributed by atoms with Gasteiger partial charge in [0.1, 0.15) is 18.4 Å². The maximum atomic E-state index is 13.6. The molecule has 0 fully saturated rings. The van der Waals surface area contributed by atoms with Gasteiger partial charge in [0.25, 0.3) is 0 Å². The number of halogens is 2. The summed E-state index contributed by atoms with van der Waals surface area (Å²) in [4.78, 5) is 26.6. The fraction of sp³-hybridized carbons (Fsp3) is 0.300. The minimum Gasteiger partial charge on any atom is -0.357 e. The number of sulfonamides is 1. The van der Waals surface area contributed by atoms with E-state index in [1.54, 1.807) is 31.2 Å². The molecule has 0 aliphatic rings. The highest BCUT2D eigenvalue weighted by molar-refractivity contribution is 7.92. The molecule has 30 heavy (non-hydrogen) atoms. The summed E-state index contributed by atoms with van der Waals surface area (Å²) >= 11 is 5.90. The van der Waals surface area contributed by atoms with Crippen LogP contribution in [0.3, 0.4) is 0 Å². The molecule has 2 rings (SSSR count). The number of hydrogen-bond donors (Lipinski definition) is 1. The van der Waals surface area contributed by atoms with Crippen LogP contribution in [0.1, 0.15) is 12.5 Å². The number of likely N-dealkylation sites (N-methyl/N-ethyl adjacent to an activating group) is 1. The molecule has 0 aliphatic heterocycles. The normalized spacial score (nSPS) is 12.2. The third kappa shape index (κ3) is 6.17. The highest BCUT2D eigenvalue weighted by Crippen LogP contribution is 2.20. The van der Waals surface area contributed by atoms with Gasteiger partial charge in [-0.1, -0.05) is 29.8 Å². The van der Waals surface area contributed by atoms with Crippen molar-refractivity contribution in [3.63, 3.8) is 0 Å². The van der Waals surface area contributed by atoms with Gasteiger partial charge in [-0.2, -0.15) is 0 Å². The Morgan fingerprint density at radius 1 is 1.17 bits per heavy atom. The lowest BCUT2D eigenvalue weighted by molar-refractivity contribution is -0.139. The fourth-order valence-corrected chi connectivity index (χ4v) is 3.79. The van der Waals surface area contributed by atoms with E-state index in [0.717, 1.165) is 16.6 Å². The van der Waals surface area contributed by atoms with Crippen LogP contribution in [0.25, 0.3) is 0 Å². The summed E-state index contributed by atoms with van der Waals surface area (Å²) in [5, 5.41) is 3.00. The van der Waals surface area contributed by atoms with Crippen LogP contribution < -0.4 is 9.62 Å². The second-order valence-corrected chi connectivity index (χ2v) is 9.03. The summed E-state index contributed by atoms with van der Waals surface area (Å²) in [6.07, 6.45) is 0.927. The van der Waals surface area contributed by atoms with Crippen molar-refractivity contribution in [2.45, 2.75) is 19.5 Å². The molecule has 2 aromatic rings. The minimum absolute atomic E-state index is 0.0184. The standard InChI is InChI=1S/C20H23ClFN3O4S/c1-14(20(27)23-2)24(12-15-7-9-16(21)10-8-15)19(26)13-25(30(3,28)29)18-6-4-5-17(22)11-18/h4-11,14H,12-13H2,1-3H3,(H,23,27)/t14-/m1/s1.